The Balaban J connectivity index is 1.55. The van der Waals surface area contributed by atoms with E-state index in [0.717, 1.165) is 33.6 Å². The van der Waals surface area contributed by atoms with Crippen LogP contribution in [0.15, 0.2) is 60.9 Å². The van der Waals surface area contributed by atoms with Crippen LogP contribution in [0.25, 0.3) is 34.2 Å². The molecule has 0 saturated carbocycles. The maximum Gasteiger partial charge on any atom is 0.417 e. The number of nitrogens with one attached hydrogen (secondary N) is 1. The Kier molecular flexibility index (Phi) is 7.76. The summed E-state index contributed by atoms with van der Waals surface area (Å²) in [5.41, 5.74) is -5.23. The van der Waals surface area contributed by atoms with Gasteiger partial charge in [0.2, 0.25) is 0 Å². The first-order valence-corrected chi connectivity index (χ1v) is 12.6. The molecule has 0 atom stereocenters. The molecule has 0 radical (unpaired) electrons. The molecule has 0 aliphatic rings. The van der Waals surface area contributed by atoms with Gasteiger partial charge < -0.3 is 15.5 Å². The number of carboxylic acid groups (broad SMARTS) is 2. The minimum Gasteiger partial charge on any atom is -0.478 e. The number of hydrogen-bond acceptors (Lipinski definition) is 8. The van der Waals surface area contributed by atoms with Crippen molar-refractivity contribution in [3.63, 3.8) is 0 Å². The fourth-order valence-electron chi connectivity index (χ4n) is 4.27. The second-order valence-electron chi connectivity index (χ2n) is 9.37. The van der Waals surface area contributed by atoms with E-state index in [0.29, 0.717) is 12.1 Å². The Morgan fingerprint density at radius 1 is 0.674 bits per heavy atom. The fourth-order valence-corrected chi connectivity index (χ4v) is 4.27. The normalized spacial score (nSPS) is 11.8. The molecule has 0 unspecified atom stereocenters. The van der Waals surface area contributed by atoms with Crippen LogP contribution in [-0.4, -0.2) is 70.1 Å². The number of pyridine rings is 1. The van der Waals surface area contributed by atoms with Gasteiger partial charge in [0.25, 0.3) is 5.91 Å². The Morgan fingerprint density at radius 2 is 1.09 bits per heavy atom. The zero-order valence-electron chi connectivity index (χ0n) is 22.8. The largest absolute Gasteiger partial charge is 0.478 e. The number of benzene rings is 2. The fraction of sp³-hybridized carbons (Fsp3) is 0.111. The summed E-state index contributed by atoms with van der Waals surface area (Å²) >= 11 is 0. The van der Waals surface area contributed by atoms with Crippen molar-refractivity contribution in [1.82, 2.24) is 40.3 Å². The van der Waals surface area contributed by atoms with Crippen molar-refractivity contribution >= 4 is 17.8 Å². The van der Waals surface area contributed by atoms with E-state index in [1.165, 1.54) is 31.6 Å². The zero-order chi connectivity index (χ0) is 33.6. The first kappa shape index (κ1) is 31.3. The van der Waals surface area contributed by atoms with Gasteiger partial charge in [-0.3, -0.25) is 4.79 Å². The second kappa shape index (κ2) is 11.4. The molecule has 46 heavy (non-hydrogen) atoms. The molecule has 3 heterocycles. The zero-order valence-corrected chi connectivity index (χ0v) is 22.8. The number of carboxylic acids is 2. The highest BCUT2D eigenvalue weighted by Crippen LogP contribution is 2.35. The average molecular weight is 646 g/mol. The van der Waals surface area contributed by atoms with Crippen LogP contribution in [0.5, 0.6) is 0 Å². The molecule has 19 heteroatoms. The molecular weight excluding hydrogens is 630 g/mol. The lowest BCUT2D eigenvalue weighted by molar-refractivity contribution is -0.138. The van der Waals surface area contributed by atoms with Gasteiger partial charge in [0, 0.05) is 12.6 Å². The molecule has 13 nitrogen and oxygen atoms in total. The van der Waals surface area contributed by atoms with Crippen LogP contribution in [0.3, 0.4) is 0 Å². The Morgan fingerprint density at radius 3 is 1.43 bits per heavy atom. The van der Waals surface area contributed by atoms with Crippen LogP contribution < -0.4 is 5.32 Å². The second-order valence-corrected chi connectivity index (χ2v) is 9.37. The Hall–Kier alpha value is -6.14. The molecule has 0 aliphatic carbocycles. The molecule has 1 amide bonds. The Labute approximate surface area is 251 Å². The van der Waals surface area contributed by atoms with Crippen LogP contribution in [0.1, 0.15) is 42.2 Å². The SMILES string of the molecule is CNC(=O)c1cc(-c2cn(-c3ccc(C(=O)O)c(C(F)(F)F)c3)nn2)nc(-c2cn(-c3ccc(C(=O)O)c(C(F)(F)F)c3)nn2)c1. The lowest BCUT2D eigenvalue weighted by Gasteiger charge is -2.12. The van der Waals surface area contributed by atoms with Crippen molar-refractivity contribution < 1.29 is 50.9 Å². The number of halogens is 6. The van der Waals surface area contributed by atoms with Gasteiger partial charge in [0.1, 0.15) is 11.4 Å². The minimum atomic E-state index is -4.99. The highest BCUT2D eigenvalue weighted by molar-refractivity contribution is 5.96. The van der Waals surface area contributed by atoms with E-state index in [-0.39, 0.29) is 39.7 Å². The number of nitrogens with zero attached hydrogens (tertiary/aromatic N) is 7. The van der Waals surface area contributed by atoms with Gasteiger partial charge >= 0.3 is 24.3 Å². The lowest BCUT2D eigenvalue weighted by atomic mass is 10.1. The van der Waals surface area contributed by atoms with Gasteiger partial charge in [-0.25, -0.2) is 23.9 Å². The molecule has 3 aromatic heterocycles. The predicted octanol–water partition coefficient (Wildman–Crippen LogP) is 4.37. The number of aromatic carboxylic acids is 2. The summed E-state index contributed by atoms with van der Waals surface area (Å²) in [6.45, 7) is 0. The van der Waals surface area contributed by atoms with Crippen molar-refractivity contribution in [1.29, 1.82) is 0 Å². The summed E-state index contributed by atoms with van der Waals surface area (Å²) in [7, 11) is 1.34. The third-order valence-electron chi connectivity index (χ3n) is 6.43. The number of carbonyl (C=O) groups is 3. The number of carbonyl (C=O) groups excluding carboxylic acids is 1. The summed E-state index contributed by atoms with van der Waals surface area (Å²) in [5.74, 6) is -4.16. The number of alkyl halides is 6. The van der Waals surface area contributed by atoms with Crippen molar-refractivity contribution in [2.45, 2.75) is 12.4 Å². The molecule has 2 aromatic carbocycles. The summed E-state index contributed by atoms with van der Waals surface area (Å²) in [6, 6.07) is 7.43. The van der Waals surface area contributed by atoms with Crippen LogP contribution in [0.2, 0.25) is 0 Å². The van der Waals surface area contributed by atoms with Gasteiger partial charge in [-0.1, -0.05) is 10.4 Å². The van der Waals surface area contributed by atoms with Gasteiger partial charge in [0.15, 0.2) is 0 Å². The third kappa shape index (κ3) is 6.10. The van der Waals surface area contributed by atoms with E-state index in [1.807, 2.05) is 0 Å². The number of rotatable bonds is 7. The molecular formula is C27H16F6N8O5. The van der Waals surface area contributed by atoms with E-state index in [4.69, 9.17) is 10.2 Å². The monoisotopic (exact) mass is 646 g/mol. The molecule has 236 valence electrons. The van der Waals surface area contributed by atoms with Crippen LogP contribution in [-0.2, 0) is 12.4 Å². The lowest BCUT2D eigenvalue weighted by Crippen LogP contribution is -2.18. The van der Waals surface area contributed by atoms with Crippen molar-refractivity contribution in [3.8, 4) is 34.2 Å². The maximum absolute atomic E-state index is 13.5. The first-order valence-electron chi connectivity index (χ1n) is 12.6. The minimum absolute atomic E-state index is 0.0136. The number of aromatic nitrogens is 7. The maximum atomic E-state index is 13.5. The summed E-state index contributed by atoms with van der Waals surface area (Å²) < 4.78 is 83.0. The van der Waals surface area contributed by atoms with Crippen LogP contribution >= 0.6 is 0 Å². The van der Waals surface area contributed by atoms with Gasteiger partial charge in [-0.15, -0.1) is 10.2 Å². The number of amides is 1. The molecule has 0 spiro atoms. The standard InChI is InChI=1S/C27H16F6N8O5/c1-34-23(42)12-6-19(21-10-40(38-36-21)13-2-4-15(24(43)44)17(8-13)26(28,29)30)35-20(7-12)22-11-41(39-37-22)14-3-5-16(25(45)46)18(9-14)27(31,32)33/h2-11H,1H3,(H,34,42)(H,43,44)(H,45,46). The highest BCUT2D eigenvalue weighted by Gasteiger charge is 2.37. The summed E-state index contributed by atoms with van der Waals surface area (Å²) in [5, 5.41) is 36.1. The molecule has 0 bridgehead atoms. The van der Waals surface area contributed by atoms with Gasteiger partial charge in [-0.2, -0.15) is 26.3 Å². The predicted molar refractivity (Wildman–Crippen MR) is 142 cm³/mol. The van der Waals surface area contributed by atoms with Crippen molar-refractivity contribution in [2.24, 2.45) is 0 Å². The smallest absolute Gasteiger partial charge is 0.417 e. The summed E-state index contributed by atoms with van der Waals surface area (Å²) in [4.78, 5) is 39.5. The molecule has 3 N–H and O–H groups in total. The first-order chi connectivity index (χ1) is 21.6. The van der Waals surface area contributed by atoms with Crippen LogP contribution in [0, 0.1) is 0 Å². The summed E-state index contributed by atoms with van der Waals surface area (Å²) in [6.07, 6.45) is -7.63. The van der Waals surface area contributed by atoms with E-state index in [2.05, 4.69) is 30.9 Å². The van der Waals surface area contributed by atoms with Gasteiger partial charge in [0.05, 0.1) is 57.4 Å². The molecule has 5 aromatic rings. The van der Waals surface area contributed by atoms with E-state index < -0.39 is 52.5 Å². The molecule has 0 aliphatic heterocycles. The highest BCUT2D eigenvalue weighted by atomic mass is 19.4. The van der Waals surface area contributed by atoms with Crippen LogP contribution in [0.4, 0.5) is 26.3 Å². The van der Waals surface area contributed by atoms with Crippen molar-refractivity contribution in [2.75, 3.05) is 7.05 Å². The number of hydrogen-bond donors (Lipinski definition) is 3. The molecule has 0 fully saturated rings. The van der Waals surface area contributed by atoms with E-state index in [9.17, 15) is 40.7 Å². The quantitative estimate of drug-likeness (QED) is 0.215. The Bertz CT molecular complexity index is 1890. The molecule has 5 rings (SSSR count). The van der Waals surface area contributed by atoms with E-state index >= 15 is 0 Å². The van der Waals surface area contributed by atoms with Gasteiger partial charge in [-0.05, 0) is 48.5 Å². The third-order valence-corrected chi connectivity index (χ3v) is 6.43. The topological polar surface area (TPSA) is 178 Å². The molecule has 0 saturated heterocycles. The van der Waals surface area contributed by atoms with Crippen molar-refractivity contribution in [3.05, 3.63) is 88.7 Å². The van der Waals surface area contributed by atoms with E-state index in [1.54, 1.807) is 0 Å². The average Bonchev–Trinajstić information content (AvgIpc) is 3.70.